The molecule has 0 atom stereocenters. The summed E-state index contributed by atoms with van der Waals surface area (Å²) in [6.45, 7) is 2.09. The van der Waals surface area contributed by atoms with Gasteiger partial charge in [0.05, 0.1) is 7.11 Å². The van der Waals surface area contributed by atoms with Crippen molar-refractivity contribution in [1.29, 1.82) is 0 Å². The molecule has 0 N–H and O–H groups in total. The van der Waals surface area contributed by atoms with Crippen molar-refractivity contribution < 1.29 is 18.7 Å². The van der Waals surface area contributed by atoms with E-state index in [0.717, 1.165) is 0 Å². The van der Waals surface area contributed by atoms with Gasteiger partial charge in [-0.2, -0.15) is 0 Å². The molecule has 0 spiro atoms. The first-order chi connectivity index (χ1) is 9.06. The molecule has 0 radical (unpaired) electrons. The van der Waals surface area contributed by atoms with Gasteiger partial charge < -0.3 is 9.64 Å². The molecule has 0 bridgehead atoms. The molecule has 0 aliphatic carbocycles. The van der Waals surface area contributed by atoms with Crippen LogP contribution in [0.2, 0.25) is 0 Å². The van der Waals surface area contributed by atoms with E-state index in [9.17, 15) is 14.0 Å². The Morgan fingerprint density at radius 2 is 1.95 bits per heavy atom. The van der Waals surface area contributed by atoms with Gasteiger partial charge in [0.25, 0.3) is 0 Å². The number of carbonyl (C=O) groups excluding carboxylic acids is 2. The molecule has 0 unspecified atom stereocenters. The first kappa shape index (κ1) is 14.9. The SMILES string of the molecule is CCN(CC(=O)OC)C(=O)C=Cc1ccc(F)cc1. The first-order valence-electron chi connectivity index (χ1n) is 5.86. The van der Waals surface area contributed by atoms with Crippen LogP contribution in [0.25, 0.3) is 6.08 Å². The zero-order chi connectivity index (χ0) is 14.3. The molecule has 0 heterocycles. The second-order valence-corrected chi connectivity index (χ2v) is 3.81. The lowest BCUT2D eigenvalue weighted by Crippen LogP contribution is -2.34. The van der Waals surface area contributed by atoms with Crippen molar-refractivity contribution in [2.45, 2.75) is 6.92 Å². The van der Waals surface area contributed by atoms with Crippen LogP contribution >= 0.6 is 0 Å². The highest BCUT2D eigenvalue weighted by Crippen LogP contribution is 2.05. The summed E-state index contributed by atoms with van der Waals surface area (Å²) in [4.78, 5) is 24.3. The van der Waals surface area contributed by atoms with Gasteiger partial charge in [0, 0.05) is 12.6 Å². The number of benzene rings is 1. The number of carbonyl (C=O) groups is 2. The van der Waals surface area contributed by atoms with Crippen LogP contribution in [0.15, 0.2) is 30.3 Å². The summed E-state index contributed by atoms with van der Waals surface area (Å²) in [5, 5.41) is 0. The fraction of sp³-hybridized carbons (Fsp3) is 0.286. The molecule has 1 aromatic rings. The normalized spacial score (nSPS) is 10.5. The zero-order valence-corrected chi connectivity index (χ0v) is 10.9. The Kier molecular flexibility index (Phi) is 5.73. The highest BCUT2D eigenvalue weighted by Gasteiger charge is 2.12. The molecule has 19 heavy (non-hydrogen) atoms. The van der Waals surface area contributed by atoms with Gasteiger partial charge in [-0.1, -0.05) is 12.1 Å². The third-order valence-electron chi connectivity index (χ3n) is 2.53. The van der Waals surface area contributed by atoms with Crippen molar-refractivity contribution in [2.24, 2.45) is 0 Å². The Hall–Kier alpha value is -2.17. The average molecular weight is 265 g/mol. The number of methoxy groups -OCH3 is 1. The van der Waals surface area contributed by atoms with Crippen molar-refractivity contribution >= 4 is 18.0 Å². The number of rotatable bonds is 5. The van der Waals surface area contributed by atoms with Gasteiger partial charge in [0.2, 0.25) is 5.91 Å². The van der Waals surface area contributed by atoms with Crippen LogP contribution in [-0.4, -0.2) is 37.0 Å². The molecule has 5 heteroatoms. The molecule has 0 fully saturated rings. The van der Waals surface area contributed by atoms with Crippen LogP contribution in [-0.2, 0) is 14.3 Å². The molecule has 0 saturated heterocycles. The Labute approximate surface area is 111 Å². The highest BCUT2D eigenvalue weighted by atomic mass is 19.1. The van der Waals surface area contributed by atoms with Crippen LogP contribution in [0.1, 0.15) is 12.5 Å². The molecular weight excluding hydrogens is 249 g/mol. The Balaban J connectivity index is 2.66. The highest BCUT2D eigenvalue weighted by molar-refractivity contribution is 5.93. The molecule has 0 aromatic heterocycles. The summed E-state index contributed by atoms with van der Waals surface area (Å²) in [7, 11) is 1.27. The van der Waals surface area contributed by atoms with Crippen LogP contribution < -0.4 is 0 Å². The van der Waals surface area contributed by atoms with Gasteiger partial charge in [0.15, 0.2) is 0 Å². The molecule has 0 saturated carbocycles. The molecule has 4 nitrogen and oxygen atoms in total. The van der Waals surface area contributed by atoms with Gasteiger partial charge in [0.1, 0.15) is 12.4 Å². The second-order valence-electron chi connectivity index (χ2n) is 3.81. The van der Waals surface area contributed by atoms with E-state index in [-0.39, 0.29) is 18.3 Å². The lowest BCUT2D eigenvalue weighted by molar-refractivity contribution is -0.145. The fourth-order valence-corrected chi connectivity index (χ4v) is 1.41. The van der Waals surface area contributed by atoms with Crippen molar-refractivity contribution in [3.8, 4) is 0 Å². The molecule has 0 aliphatic heterocycles. The van der Waals surface area contributed by atoms with Gasteiger partial charge >= 0.3 is 5.97 Å². The van der Waals surface area contributed by atoms with E-state index in [1.807, 2.05) is 0 Å². The zero-order valence-electron chi connectivity index (χ0n) is 10.9. The summed E-state index contributed by atoms with van der Waals surface area (Å²) in [5.74, 6) is -1.09. The quantitative estimate of drug-likeness (QED) is 0.603. The minimum absolute atomic E-state index is 0.0837. The third kappa shape index (κ3) is 4.91. The monoisotopic (exact) mass is 265 g/mol. The van der Waals surface area contributed by atoms with E-state index in [4.69, 9.17) is 0 Å². The lowest BCUT2D eigenvalue weighted by atomic mass is 10.2. The van der Waals surface area contributed by atoms with E-state index < -0.39 is 5.97 Å². The van der Waals surface area contributed by atoms with Crippen molar-refractivity contribution in [1.82, 2.24) is 4.90 Å². The van der Waals surface area contributed by atoms with Crippen LogP contribution in [0.4, 0.5) is 4.39 Å². The second kappa shape index (κ2) is 7.31. The summed E-state index contributed by atoms with van der Waals surface area (Å²) in [5.41, 5.74) is 0.712. The van der Waals surface area contributed by atoms with Gasteiger partial charge in [-0.25, -0.2) is 4.39 Å². The standard InChI is InChI=1S/C14H16FNO3/c1-3-16(10-14(18)19-2)13(17)9-6-11-4-7-12(15)8-5-11/h4-9H,3,10H2,1-2H3. The molecule has 1 amide bonds. The number of nitrogens with zero attached hydrogens (tertiary/aromatic N) is 1. The Morgan fingerprint density at radius 3 is 2.47 bits per heavy atom. The van der Waals surface area contributed by atoms with Crippen LogP contribution in [0.3, 0.4) is 0 Å². The Morgan fingerprint density at radius 1 is 1.32 bits per heavy atom. The van der Waals surface area contributed by atoms with Gasteiger partial charge in [-0.15, -0.1) is 0 Å². The van der Waals surface area contributed by atoms with E-state index in [1.54, 1.807) is 25.1 Å². The van der Waals surface area contributed by atoms with E-state index >= 15 is 0 Å². The number of halogens is 1. The minimum atomic E-state index is -0.467. The molecular formula is C14H16FNO3. The number of esters is 1. The maximum atomic E-state index is 12.7. The summed E-state index contributed by atoms with van der Waals surface area (Å²) in [6, 6.07) is 5.76. The number of hydrogen-bond donors (Lipinski definition) is 0. The lowest BCUT2D eigenvalue weighted by Gasteiger charge is -2.17. The number of ether oxygens (including phenoxy) is 1. The van der Waals surface area contributed by atoms with Crippen LogP contribution in [0, 0.1) is 5.82 Å². The fourth-order valence-electron chi connectivity index (χ4n) is 1.41. The predicted molar refractivity (Wildman–Crippen MR) is 69.7 cm³/mol. The largest absolute Gasteiger partial charge is 0.468 e. The van der Waals surface area contributed by atoms with Gasteiger partial charge in [-0.05, 0) is 30.7 Å². The summed E-state index contributed by atoms with van der Waals surface area (Å²) < 4.78 is 17.2. The third-order valence-corrected chi connectivity index (χ3v) is 2.53. The van der Waals surface area contributed by atoms with Crippen molar-refractivity contribution in [3.05, 3.63) is 41.7 Å². The van der Waals surface area contributed by atoms with E-state index in [1.165, 1.54) is 30.2 Å². The molecule has 0 aliphatic rings. The number of hydrogen-bond acceptors (Lipinski definition) is 3. The molecule has 1 rings (SSSR count). The van der Waals surface area contributed by atoms with E-state index in [0.29, 0.717) is 12.1 Å². The van der Waals surface area contributed by atoms with Crippen LogP contribution in [0.5, 0.6) is 0 Å². The predicted octanol–water partition coefficient (Wildman–Crippen LogP) is 1.86. The average Bonchev–Trinajstić information content (AvgIpc) is 2.43. The first-order valence-corrected chi connectivity index (χ1v) is 5.86. The maximum absolute atomic E-state index is 12.7. The smallest absolute Gasteiger partial charge is 0.325 e. The maximum Gasteiger partial charge on any atom is 0.325 e. The van der Waals surface area contributed by atoms with Gasteiger partial charge in [-0.3, -0.25) is 9.59 Å². The minimum Gasteiger partial charge on any atom is -0.468 e. The number of likely N-dealkylation sites (N-methyl/N-ethyl adjacent to an activating group) is 1. The topological polar surface area (TPSA) is 46.6 Å². The molecule has 102 valence electrons. The number of amides is 1. The summed E-state index contributed by atoms with van der Waals surface area (Å²) >= 11 is 0. The van der Waals surface area contributed by atoms with Crippen molar-refractivity contribution in [2.75, 3.05) is 20.2 Å². The Bertz CT molecular complexity index is 468. The summed E-state index contributed by atoms with van der Waals surface area (Å²) in [6.07, 6.45) is 2.92. The van der Waals surface area contributed by atoms with Crippen molar-refractivity contribution in [3.63, 3.8) is 0 Å². The van der Waals surface area contributed by atoms with E-state index in [2.05, 4.69) is 4.74 Å². The molecule has 1 aromatic carbocycles.